The van der Waals surface area contributed by atoms with E-state index in [9.17, 15) is 4.79 Å². The average molecular weight is 260 g/mol. The van der Waals surface area contributed by atoms with Crippen molar-refractivity contribution in [2.75, 3.05) is 20.3 Å². The standard InChI is InChI=1S/C15H20N2O2/c1-11-6-7-14(13(9-11)5-4-8-16)15(18)17-12(2)10-19-3/h6-7,9,12H,8,10,16H2,1-3H3,(H,17,18). The number of aryl methyl sites for hydroxylation is 1. The van der Waals surface area contributed by atoms with Gasteiger partial charge in [-0.3, -0.25) is 4.79 Å². The molecule has 102 valence electrons. The Hall–Kier alpha value is -1.83. The van der Waals surface area contributed by atoms with Gasteiger partial charge in [0.15, 0.2) is 0 Å². The van der Waals surface area contributed by atoms with E-state index in [-0.39, 0.29) is 18.5 Å². The molecule has 0 aliphatic carbocycles. The molecule has 1 unspecified atom stereocenters. The smallest absolute Gasteiger partial charge is 0.252 e. The van der Waals surface area contributed by atoms with E-state index in [0.29, 0.717) is 17.7 Å². The molecule has 0 aliphatic rings. The third-order valence-electron chi connectivity index (χ3n) is 2.54. The number of carbonyl (C=O) groups is 1. The van der Waals surface area contributed by atoms with E-state index >= 15 is 0 Å². The van der Waals surface area contributed by atoms with Crippen LogP contribution < -0.4 is 11.1 Å². The molecule has 0 heterocycles. The van der Waals surface area contributed by atoms with Crippen molar-refractivity contribution in [3.8, 4) is 11.8 Å². The Morgan fingerprint density at radius 3 is 2.89 bits per heavy atom. The zero-order valence-electron chi connectivity index (χ0n) is 11.6. The molecule has 0 bridgehead atoms. The Balaban J connectivity index is 2.95. The average Bonchev–Trinajstić information content (AvgIpc) is 2.36. The number of hydrogen-bond donors (Lipinski definition) is 2. The third-order valence-corrected chi connectivity index (χ3v) is 2.54. The summed E-state index contributed by atoms with van der Waals surface area (Å²) < 4.78 is 5.00. The van der Waals surface area contributed by atoms with Gasteiger partial charge >= 0.3 is 0 Å². The summed E-state index contributed by atoms with van der Waals surface area (Å²) in [4.78, 5) is 12.2. The first-order valence-corrected chi connectivity index (χ1v) is 6.18. The molecule has 0 saturated carbocycles. The molecule has 0 aromatic heterocycles. The van der Waals surface area contributed by atoms with Crippen LogP contribution in [0, 0.1) is 18.8 Å². The van der Waals surface area contributed by atoms with Gasteiger partial charge in [0.1, 0.15) is 0 Å². The third kappa shape index (κ3) is 4.74. The number of nitrogens with one attached hydrogen (secondary N) is 1. The summed E-state index contributed by atoms with van der Waals surface area (Å²) in [5.74, 6) is 5.56. The van der Waals surface area contributed by atoms with Crippen LogP contribution >= 0.6 is 0 Å². The molecule has 0 spiro atoms. The van der Waals surface area contributed by atoms with Gasteiger partial charge in [0.25, 0.3) is 5.91 Å². The van der Waals surface area contributed by atoms with Crippen LogP contribution in [0.25, 0.3) is 0 Å². The van der Waals surface area contributed by atoms with Crippen molar-refractivity contribution >= 4 is 5.91 Å². The molecule has 4 nitrogen and oxygen atoms in total. The van der Waals surface area contributed by atoms with E-state index in [2.05, 4.69) is 17.2 Å². The molecule has 1 aromatic carbocycles. The van der Waals surface area contributed by atoms with Crippen LogP contribution in [0.15, 0.2) is 18.2 Å². The second-order valence-electron chi connectivity index (χ2n) is 4.38. The lowest BCUT2D eigenvalue weighted by Crippen LogP contribution is -2.36. The van der Waals surface area contributed by atoms with Crippen molar-refractivity contribution in [3.63, 3.8) is 0 Å². The van der Waals surface area contributed by atoms with Gasteiger partial charge in [-0.2, -0.15) is 0 Å². The number of ether oxygens (including phenoxy) is 1. The minimum atomic E-state index is -0.147. The fraction of sp³-hybridized carbons (Fsp3) is 0.400. The van der Waals surface area contributed by atoms with Crippen molar-refractivity contribution in [2.45, 2.75) is 19.9 Å². The van der Waals surface area contributed by atoms with E-state index in [1.165, 1.54) is 0 Å². The predicted molar refractivity (Wildman–Crippen MR) is 75.9 cm³/mol. The zero-order valence-corrected chi connectivity index (χ0v) is 11.6. The molecule has 1 amide bonds. The maximum absolute atomic E-state index is 12.2. The molecule has 1 atom stereocenters. The number of rotatable bonds is 4. The van der Waals surface area contributed by atoms with Gasteiger partial charge in [-0.05, 0) is 31.5 Å². The van der Waals surface area contributed by atoms with Crippen molar-refractivity contribution in [2.24, 2.45) is 5.73 Å². The van der Waals surface area contributed by atoms with E-state index in [0.717, 1.165) is 5.56 Å². The SMILES string of the molecule is COCC(C)NC(=O)c1ccc(C)cc1C#CCN. The largest absolute Gasteiger partial charge is 0.383 e. The maximum atomic E-state index is 12.2. The molecular weight excluding hydrogens is 240 g/mol. The highest BCUT2D eigenvalue weighted by Crippen LogP contribution is 2.11. The first-order valence-electron chi connectivity index (χ1n) is 6.18. The normalized spacial score (nSPS) is 11.4. The summed E-state index contributed by atoms with van der Waals surface area (Å²) in [5.41, 5.74) is 7.69. The van der Waals surface area contributed by atoms with E-state index in [1.54, 1.807) is 13.2 Å². The highest BCUT2D eigenvalue weighted by atomic mass is 16.5. The number of amides is 1. The van der Waals surface area contributed by atoms with Gasteiger partial charge in [-0.15, -0.1) is 0 Å². The molecule has 0 radical (unpaired) electrons. The van der Waals surface area contributed by atoms with Crippen molar-refractivity contribution in [1.29, 1.82) is 0 Å². The molecule has 1 aromatic rings. The number of carbonyl (C=O) groups excluding carboxylic acids is 1. The summed E-state index contributed by atoms with van der Waals surface area (Å²) in [7, 11) is 1.60. The second kappa shape index (κ2) is 7.57. The highest BCUT2D eigenvalue weighted by Gasteiger charge is 2.12. The van der Waals surface area contributed by atoms with Gasteiger partial charge in [0.05, 0.1) is 18.7 Å². The van der Waals surface area contributed by atoms with Crippen LogP contribution in [0.3, 0.4) is 0 Å². The van der Waals surface area contributed by atoms with Crippen LogP contribution in [0.5, 0.6) is 0 Å². The van der Waals surface area contributed by atoms with Crippen molar-refractivity contribution < 1.29 is 9.53 Å². The van der Waals surface area contributed by atoms with Crippen LogP contribution in [0.1, 0.15) is 28.4 Å². The van der Waals surface area contributed by atoms with Gasteiger partial charge < -0.3 is 15.8 Å². The molecule has 0 saturated heterocycles. The summed E-state index contributed by atoms with van der Waals surface area (Å²) in [5, 5.41) is 2.87. The van der Waals surface area contributed by atoms with Crippen LogP contribution in [-0.2, 0) is 4.74 Å². The molecule has 0 aliphatic heterocycles. The van der Waals surface area contributed by atoms with E-state index < -0.39 is 0 Å². The number of nitrogens with two attached hydrogens (primary N) is 1. The van der Waals surface area contributed by atoms with Crippen LogP contribution in [0.4, 0.5) is 0 Å². The van der Waals surface area contributed by atoms with Gasteiger partial charge in [-0.25, -0.2) is 0 Å². The predicted octanol–water partition coefficient (Wildman–Crippen LogP) is 1.07. The van der Waals surface area contributed by atoms with Crippen LogP contribution in [0.2, 0.25) is 0 Å². The Morgan fingerprint density at radius 1 is 1.53 bits per heavy atom. The molecular formula is C15H20N2O2. The Morgan fingerprint density at radius 2 is 2.26 bits per heavy atom. The minimum Gasteiger partial charge on any atom is -0.383 e. The highest BCUT2D eigenvalue weighted by molar-refractivity contribution is 5.97. The number of methoxy groups -OCH3 is 1. The van der Waals surface area contributed by atoms with E-state index in [4.69, 9.17) is 10.5 Å². The Labute approximate surface area is 114 Å². The summed E-state index contributed by atoms with van der Waals surface area (Å²) in [6.07, 6.45) is 0. The molecule has 3 N–H and O–H groups in total. The Kier molecular flexibility index (Phi) is 6.07. The lowest BCUT2D eigenvalue weighted by molar-refractivity contribution is 0.0905. The topological polar surface area (TPSA) is 64.3 Å². The summed E-state index contributed by atoms with van der Waals surface area (Å²) >= 11 is 0. The Bertz CT molecular complexity index is 501. The fourth-order valence-corrected chi connectivity index (χ4v) is 1.70. The van der Waals surface area contributed by atoms with Gasteiger partial charge in [0.2, 0.25) is 0 Å². The summed E-state index contributed by atoms with van der Waals surface area (Å²) in [6, 6.07) is 5.52. The van der Waals surface area contributed by atoms with Crippen molar-refractivity contribution in [3.05, 3.63) is 34.9 Å². The quantitative estimate of drug-likeness (QED) is 0.796. The fourth-order valence-electron chi connectivity index (χ4n) is 1.70. The molecule has 1 rings (SSSR count). The second-order valence-corrected chi connectivity index (χ2v) is 4.38. The molecule has 19 heavy (non-hydrogen) atoms. The summed E-state index contributed by atoms with van der Waals surface area (Å²) in [6.45, 7) is 4.60. The molecule has 0 fully saturated rings. The lowest BCUT2D eigenvalue weighted by atomic mass is 10.0. The van der Waals surface area contributed by atoms with Crippen LogP contribution in [-0.4, -0.2) is 32.2 Å². The zero-order chi connectivity index (χ0) is 14.3. The first-order chi connectivity index (χ1) is 9.08. The molecule has 4 heteroatoms. The monoisotopic (exact) mass is 260 g/mol. The van der Waals surface area contributed by atoms with Gasteiger partial charge in [-0.1, -0.05) is 17.9 Å². The first kappa shape index (κ1) is 15.2. The lowest BCUT2D eigenvalue weighted by Gasteiger charge is -2.13. The van der Waals surface area contributed by atoms with Crippen molar-refractivity contribution in [1.82, 2.24) is 5.32 Å². The van der Waals surface area contributed by atoms with E-state index in [1.807, 2.05) is 26.0 Å². The minimum absolute atomic E-state index is 0.0471. The number of benzene rings is 1. The maximum Gasteiger partial charge on any atom is 0.252 e. The number of hydrogen-bond acceptors (Lipinski definition) is 3. The van der Waals surface area contributed by atoms with Gasteiger partial charge in [0, 0.05) is 18.7 Å².